The maximum Gasteiger partial charge on any atom is 0.201 e. The fourth-order valence-corrected chi connectivity index (χ4v) is 5.02. The predicted molar refractivity (Wildman–Crippen MR) is 159 cm³/mol. The first-order chi connectivity index (χ1) is 20.0. The van der Waals surface area contributed by atoms with Crippen LogP contribution < -0.4 is 10.1 Å². The van der Waals surface area contributed by atoms with Gasteiger partial charge < -0.3 is 19.6 Å². The quantitative estimate of drug-likeness (QED) is 0.205. The molecule has 3 heterocycles. The SMILES string of the molecule is Cc1c(CCOc2c(-c3ccc4ncc(CNCc5ccccc5)n4c3)ccc(F)c2F)c(C(O)C(C)(C)C)nn1C. The van der Waals surface area contributed by atoms with Gasteiger partial charge in [-0.15, -0.1) is 0 Å². The molecule has 0 bridgehead atoms. The largest absolute Gasteiger partial charge is 0.489 e. The van der Waals surface area contributed by atoms with Gasteiger partial charge in [-0.05, 0) is 42.2 Å². The number of aliphatic hydroxyl groups is 1. The lowest BCUT2D eigenvalue weighted by Crippen LogP contribution is -2.20. The van der Waals surface area contributed by atoms with Gasteiger partial charge in [-0.2, -0.15) is 9.49 Å². The van der Waals surface area contributed by atoms with Gasteiger partial charge in [-0.3, -0.25) is 4.68 Å². The molecule has 2 aromatic carbocycles. The van der Waals surface area contributed by atoms with Crippen molar-refractivity contribution in [1.29, 1.82) is 0 Å². The summed E-state index contributed by atoms with van der Waals surface area (Å²) in [6.45, 7) is 9.11. The average Bonchev–Trinajstić information content (AvgIpc) is 3.50. The number of pyridine rings is 1. The van der Waals surface area contributed by atoms with Gasteiger partial charge in [0.15, 0.2) is 11.6 Å². The Balaban J connectivity index is 1.38. The Hall–Kier alpha value is -4.08. The van der Waals surface area contributed by atoms with E-state index in [1.54, 1.807) is 10.9 Å². The van der Waals surface area contributed by atoms with Crippen LogP contribution in [-0.2, 0) is 26.6 Å². The smallest absolute Gasteiger partial charge is 0.201 e. The van der Waals surface area contributed by atoms with E-state index in [2.05, 4.69) is 27.5 Å². The number of benzene rings is 2. The first kappa shape index (κ1) is 29.4. The standard InChI is InChI=1S/C33H37F2N5O2/c1-21-25(30(38-39(21)5)32(41)33(2,3)4)15-16-42-31-26(12-13-27(34)29(31)35)23-11-14-28-37-19-24(40(28)20-23)18-36-17-22-9-7-6-8-10-22/h6-14,19-20,32,36,41H,15-18H2,1-5H3. The molecule has 0 saturated carbocycles. The third-order valence-electron chi connectivity index (χ3n) is 7.59. The van der Waals surface area contributed by atoms with Crippen molar-refractivity contribution < 1.29 is 18.6 Å². The molecule has 3 aromatic heterocycles. The lowest BCUT2D eigenvalue weighted by Gasteiger charge is -2.25. The molecule has 1 unspecified atom stereocenters. The molecule has 0 aliphatic carbocycles. The van der Waals surface area contributed by atoms with E-state index in [1.165, 1.54) is 11.6 Å². The van der Waals surface area contributed by atoms with Crippen LogP contribution in [0, 0.1) is 24.0 Å². The number of aryl methyl sites for hydroxylation is 1. The Bertz CT molecular complexity index is 1690. The number of ether oxygens (including phenoxy) is 1. The highest BCUT2D eigenvalue weighted by atomic mass is 19.2. The Kier molecular flexibility index (Phi) is 8.43. The number of aliphatic hydroxyl groups excluding tert-OH is 1. The van der Waals surface area contributed by atoms with Crippen molar-refractivity contribution in [2.75, 3.05) is 6.61 Å². The molecule has 0 aliphatic heterocycles. The Morgan fingerprint density at radius 3 is 2.52 bits per heavy atom. The molecular weight excluding hydrogens is 536 g/mol. The summed E-state index contributed by atoms with van der Waals surface area (Å²) in [4.78, 5) is 4.50. The van der Waals surface area contributed by atoms with Gasteiger partial charge >= 0.3 is 0 Å². The molecule has 5 aromatic rings. The number of fused-ring (bicyclic) bond motifs is 1. The Morgan fingerprint density at radius 1 is 1.02 bits per heavy atom. The zero-order valence-electron chi connectivity index (χ0n) is 24.7. The summed E-state index contributed by atoms with van der Waals surface area (Å²) in [5.41, 5.74) is 5.84. The molecule has 7 nitrogen and oxygen atoms in total. The molecular formula is C33H37F2N5O2. The Labute approximate surface area is 244 Å². The van der Waals surface area contributed by atoms with Crippen LogP contribution in [0.3, 0.4) is 0 Å². The lowest BCUT2D eigenvalue weighted by atomic mass is 9.85. The van der Waals surface area contributed by atoms with Gasteiger partial charge in [-0.1, -0.05) is 51.1 Å². The fraction of sp³-hybridized carbons (Fsp3) is 0.333. The summed E-state index contributed by atoms with van der Waals surface area (Å²) < 4.78 is 39.2. The van der Waals surface area contributed by atoms with Gasteiger partial charge in [0, 0.05) is 55.1 Å². The van der Waals surface area contributed by atoms with Crippen molar-refractivity contribution in [2.24, 2.45) is 12.5 Å². The minimum atomic E-state index is -1.04. The lowest BCUT2D eigenvalue weighted by molar-refractivity contribution is 0.0575. The first-order valence-corrected chi connectivity index (χ1v) is 14.1. The molecule has 0 amide bonds. The van der Waals surface area contributed by atoms with Gasteiger partial charge in [0.1, 0.15) is 11.8 Å². The zero-order valence-corrected chi connectivity index (χ0v) is 24.7. The second-order valence-corrected chi connectivity index (χ2v) is 11.7. The van der Waals surface area contributed by atoms with E-state index in [4.69, 9.17) is 4.74 Å². The molecule has 0 radical (unpaired) electrons. The summed E-state index contributed by atoms with van der Waals surface area (Å²) in [7, 11) is 1.82. The van der Waals surface area contributed by atoms with E-state index >= 15 is 4.39 Å². The number of nitrogens with one attached hydrogen (secondary N) is 1. The molecule has 1 atom stereocenters. The van der Waals surface area contributed by atoms with E-state index in [0.29, 0.717) is 36.3 Å². The van der Waals surface area contributed by atoms with Crippen LogP contribution >= 0.6 is 0 Å². The van der Waals surface area contributed by atoms with Crippen LogP contribution in [0.5, 0.6) is 5.75 Å². The summed E-state index contributed by atoms with van der Waals surface area (Å²) in [5.74, 6) is -2.18. The number of halogens is 2. The van der Waals surface area contributed by atoms with Gasteiger partial charge in [0.25, 0.3) is 0 Å². The molecule has 42 heavy (non-hydrogen) atoms. The third-order valence-corrected chi connectivity index (χ3v) is 7.59. The highest BCUT2D eigenvalue weighted by molar-refractivity contribution is 5.71. The maximum atomic E-state index is 15.2. The molecule has 0 spiro atoms. The average molecular weight is 574 g/mol. The predicted octanol–water partition coefficient (Wildman–Crippen LogP) is 6.31. The van der Waals surface area contributed by atoms with E-state index in [9.17, 15) is 9.50 Å². The van der Waals surface area contributed by atoms with Crippen LogP contribution in [0.4, 0.5) is 8.78 Å². The second kappa shape index (κ2) is 12.0. The van der Waals surface area contributed by atoms with Crippen molar-refractivity contribution in [3.63, 3.8) is 0 Å². The van der Waals surface area contributed by atoms with E-state index in [0.717, 1.165) is 28.7 Å². The summed E-state index contributed by atoms with van der Waals surface area (Å²) in [6, 6.07) is 16.4. The summed E-state index contributed by atoms with van der Waals surface area (Å²) in [5, 5.41) is 18.9. The van der Waals surface area contributed by atoms with E-state index < -0.39 is 23.2 Å². The molecule has 9 heteroatoms. The molecule has 220 valence electrons. The van der Waals surface area contributed by atoms with Gasteiger partial charge in [0.2, 0.25) is 5.82 Å². The minimum absolute atomic E-state index is 0.0751. The van der Waals surface area contributed by atoms with Crippen LogP contribution in [0.1, 0.15) is 55.1 Å². The molecule has 5 rings (SSSR count). The van der Waals surface area contributed by atoms with Crippen molar-refractivity contribution in [3.05, 3.63) is 107 Å². The van der Waals surface area contributed by atoms with E-state index in [-0.39, 0.29) is 12.4 Å². The van der Waals surface area contributed by atoms with Crippen molar-refractivity contribution in [1.82, 2.24) is 24.5 Å². The van der Waals surface area contributed by atoms with Gasteiger partial charge in [-0.25, -0.2) is 9.37 Å². The highest BCUT2D eigenvalue weighted by Gasteiger charge is 2.30. The van der Waals surface area contributed by atoms with Crippen LogP contribution in [0.2, 0.25) is 0 Å². The number of rotatable bonds is 10. The third kappa shape index (κ3) is 6.07. The monoisotopic (exact) mass is 573 g/mol. The number of nitrogens with zero attached hydrogens (tertiary/aromatic N) is 4. The Morgan fingerprint density at radius 2 is 1.79 bits per heavy atom. The maximum absolute atomic E-state index is 15.2. The second-order valence-electron chi connectivity index (χ2n) is 11.7. The first-order valence-electron chi connectivity index (χ1n) is 14.1. The number of hydrogen-bond acceptors (Lipinski definition) is 5. The van der Waals surface area contributed by atoms with Crippen LogP contribution in [0.15, 0.2) is 67.0 Å². The fourth-order valence-electron chi connectivity index (χ4n) is 5.02. The minimum Gasteiger partial charge on any atom is -0.489 e. The van der Waals surface area contributed by atoms with Crippen molar-refractivity contribution in [3.8, 4) is 16.9 Å². The van der Waals surface area contributed by atoms with Crippen molar-refractivity contribution in [2.45, 2.75) is 53.3 Å². The van der Waals surface area contributed by atoms with E-state index in [1.807, 2.05) is 75.7 Å². The highest BCUT2D eigenvalue weighted by Crippen LogP contribution is 2.36. The zero-order chi connectivity index (χ0) is 30.0. The normalized spacial score (nSPS) is 12.7. The molecule has 0 fully saturated rings. The van der Waals surface area contributed by atoms with Crippen LogP contribution in [0.25, 0.3) is 16.8 Å². The topological polar surface area (TPSA) is 76.6 Å². The van der Waals surface area contributed by atoms with Crippen LogP contribution in [-0.4, -0.2) is 30.9 Å². The molecule has 0 saturated heterocycles. The van der Waals surface area contributed by atoms with Crippen molar-refractivity contribution >= 4 is 5.65 Å². The molecule has 0 aliphatic rings. The molecule has 2 N–H and O–H groups in total. The number of hydrogen-bond donors (Lipinski definition) is 2. The number of aromatic nitrogens is 4. The number of imidazole rings is 1. The summed E-state index contributed by atoms with van der Waals surface area (Å²) in [6.07, 6.45) is 3.26. The summed E-state index contributed by atoms with van der Waals surface area (Å²) >= 11 is 0. The van der Waals surface area contributed by atoms with Gasteiger partial charge in [0.05, 0.1) is 24.2 Å².